The summed E-state index contributed by atoms with van der Waals surface area (Å²) in [7, 11) is 0. The predicted molar refractivity (Wildman–Crippen MR) is 62.7 cm³/mol. The lowest BCUT2D eigenvalue weighted by Crippen LogP contribution is -1.93. The van der Waals surface area contributed by atoms with Crippen molar-refractivity contribution in [3.05, 3.63) is 41.0 Å². The first-order valence-corrected chi connectivity index (χ1v) is 4.92. The first-order valence-electron chi connectivity index (χ1n) is 4.54. The molecule has 74 valence electrons. The summed E-state index contributed by atoms with van der Waals surface area (Å²) >= 11 is 6.05. The molecule has 0 radical (unpaired) electrons. The van der Waals surface area contributed by atoms with E-state index < -0.39 is 0 Å². The number of pyridine rings is 1. The second kappa shape index (κ2) is 4.31. The van der Waals surface area contributed by atoms with E-state index in [0.29, 0.717) is 11.6 Å². The van der Waals surface area contributed by atoms with E-state index >= 15 is 0 Å². The van der Waals surface area contributed by atoms with Crippen molar-refractivity contribution in [2.45, 2.75) is 0 Å². The second-order valence-electron chi connectivity index (χ2n) is 3.03. The fourth-order valence-electron chi connectivity index (χ4n) is 1.34. The average Bonchev–Trinajstić information content (AvgIpc) is 2.27. The van der Waals surface area contributed by atoms with Crippen LogP contribution in [0.5, 0.6) is 0 Å². The predicted octanol–water partition coefficient (Wildman–Crippen LogP) is 2.20. The molecule has 0 aliphatic heterocycles. The van der Waals surface area contributed by atoms with Gasteiger partial charge in [0.15, 0.2) is 0 Å². The van der Waals surface area contributed by atoms with Crippen molar-refractivity contribution in [1.82, 2.24) is 4.98 Å². The molecule has 2 nitrogen and oxygen atoms in total. The summed E-state index contributed by atoms with van der Waals surface area (Å²) in [5.41, 5.74) is 7.09. The quantitative estimate of drug-likeness (QED) is 0.686. The van der Waals surface area contributed by atoms with Crippen molar-refractivity contribution in [3.8, 4) is 11.8 Å². The maximum Gasteiger partial charge on any atom is 0.0717 e. The molecule has 1 heterocycles. The number of aromatic nitrogens is 1. The molecule has 0 saturated carbocycles. The molecule has 0 amide bonds. The zero-order chi connectivity index (χ0) is 10.7. The molecular weight excluding hydrogens is 208 g/mol. The minimum Gasteiger partial charge on any atom is -0.320 e. The lowest BCUT2D eigenvalue weighted by molar-refractivity contribution is 1.30. The molecule has 0 saturated heterocycles. The van der Waals surface area contributed by atoms with Crippen LogP contribution in [0.2, 0.25) is 5.02 Å². The summed E-state index contributed by atoms with van der Waals surface area (Å²) < 4.78 is 0. The molecule has 0 unspecified atom stereocenters. The number of nitrogens with zero attached hydrogens (tertiary/aromatic N) is 1. The fraction of sp³-hybridized carbons (Fsp3) is 0.0833. The summed E-state index contributed by atoms with van der Waals surface area (Å²) in [6, 6.07) is 7.51. The Morgan fingerprint density at radius 2 is 2.20 bits per heavy atom. The average molecular weight is 217 g/mol. The van der Waals surface area contributed by atoms with Crippen molar-refractivity contribution in [2.75, 3.05) is 6.54 Å². The highest BCUT2D eigenvalue weighted by molar-refractivity contribution is 6.35. The Morgan fingerprint density at radius 1 is 1.33 bits per heavy atom. The van der Waals surface area contributed by atoms with E-state index in [1.165, 1.54) is 0 Å². The smallest absolute Gasteiger partial charge is 0.0717 e. The summed E-state index contributed by atoms with van der Waals surface area (Å²) in [5, 5.41) is 1.61. The van der Waals surface area contributed by atoms with Crippen LogP contribution >= 0.6 is 11.6 Å². The molecule has 0 fully saturated rings. The van der Waals surface area contributed by atoms with Gasteiger partial charge in [-0.3, -0.25) is 4.98 Å². The minimum atomic E-state index is 0.360. The van der Waals surface area contributed by atoms with Crippen molar-refractivity contribution >= 4 is 22.5 Å². The van der Waals surface area contributed by atoms with Crippen molar-refractivity contribution in [3.63, 3.8) is 0 Å². The fourth-order valence-corrected chi connectivity index (χ4v) is 1.55. The number of benzene rings is 1. The Hall–Kier alpha value is -1.56. The van der Waals surface area contributed by atoms with Crippen LogP contribution in [0.4, 0.5) is 0 Å². The van der Waals surface area contributed by atoms with Gasteiger partial charge < -0.3 is 5.73 Å². The number of rotatable bonds is 0. The summed E-state index contributed by atoms with van der Waals surface area (Å²) in [6.45, 7) is 0.360. The Morgan fingerprint density at radius 3 is 3.00 bits per heavy atom. The standard InChI is InChI=1S/C12H9ClN2/c13-11-5-7-15-12-4-3-9(2-1-6-14)8-10(11)12/h3-5,7-8H,6,14H2. The molecule has 2 aromatic rings. The molecule has 1 aromatic carbocycles. The summed E-state index contributed by atoms with van der Waals surface area (Å²) in [5.74, 6) is 5.77. The van der Waals surface area contributed by atoms with Crippen LogP contribution < -0.4 is 5.73 Å². The first kappa shape index (κ1) is 9.97. The highest BCUT2D eigenvalue weighted by Crippen LogP contribution is 2.21. The topological polar surface area (TPSA) is 38.9 Å². The zero-order valence-corrected chi connectivity index (χ0v) is 8.75. The van der Waals surface area contributed by atoms with Crippen LogP contribution in [0.1, 0.15) is 5.56 Å². The zero-order valence-electron chi connectivity index (χ0n) is 8.00. The van der Waals surface area contributed by atoms with Crippen LogP contribution in [-0.2, 0) is 0 Å². The molecule has 0 bridgehead atoms. The number of nitrogens with two attached hydrogens (primary N) is 1. The van der Waals surface area contributed by atoms with E-state index in [1.807, 2.05) is 18.2 Å². The third-order valence-electron chi connectivity index (χ3n) is 2.02. The van der Waals surface area contributed by atoms with Gasteiger partial charge in [0.1, 0.15) is 0 Å². The van der Waals surface area contributed by atoms with Crippen LogP contribution in [0, 0.1) is 11.8 Å². The van der Waals surface area contributed by atoms with Gasteiger partial charge in [-0.05, 0) is 24.3 Å². The molecule has 0 aliphatic carbocycles. The molecular formula is C12H9ClN2. The van der Waals surface area contributed by atoms with E-state index in [2.05, 4.69) is 16.8 Å². The van der Waals surface area contributed by atoms with Gasteiger partial charge in [-0.2, -0.15) is 0 Å². The monoisotopic (exact) mass is 216 g/mol. The normalized spacial score (nSPS) is 9.73. The lowest BCUT2D eigenvalue weighted by atomic mass is 10.1. The van der Waals surface area contributed by atoms with Crippen LogP contribution in [-0.4, -0.2) is 11.5 Å². The van der Waals surface area contributed by atoms with E-state index in [1.54, 1.807) is 12.3 Å². The lowest BCUT2D eigenvalue weighted by Gasteiger charge is -1.99. The third kappa shape index (κ3) is 2.10. The van der Waals surface area contributed by atoms with Crippen molar-refractivity contribution in [2.24, 2.45) is 5.73 Å². The van der Waals surface area contributed by atoms with Crippen LogP contribution in [0.15, 0.2) is 30.5 Å². The molecule has 2 N–H and O–H groups in total. The first-order chi connectivity index (χ1) is 7.31. The van der Waals surface area contributed by atoms with Gasteiger partial charge in [0, 0.05) is 17.1 Å². The van der Waals surface area contributed by atoms with Crippen molar-refractivity contribution < 1.29 is 0 Å². The van der Waals surface area contributed by atoms with Crippen LogP contribution in [0.25, 0.3) is 10.9 Å². The van der Waals surface area contributed by atoms with E-state index in [4.69, 9.17) is 17.3 Å². The van der Waals surface area contributed by atoms with E-state index in [9.17, 15) is 0 Å². The Labute approximate surface area is 93.1 Å². The Balaban J connectivity index is 2.59. The van der Waals surface area contributed by atoms with Gasteiger partial charge in [0.25, 0.3) is 0 Å². The number of hydrogen-bond donors (Lipinski definition) is 1. The Kier molecular flexibility index (Phi) is 2.86. The Bertz CT molecular complexity index is 552. The van der Waals surface area contributed by atoms with Crippen LogP contribution in [0.3, 0.4) is 0 Å². The molecule has 0 atom stereocenters. The van der Waals surface area contributed by atoms with Gasteiger partial charge >= 0.3 is 0 Å². The summed E-state index contributed by atoms with van der Waals surface area (Å²) in [4.78, 5) is 4.21. The maximum atomic E-state index is 6.05. The molecule has 15 heavy (non-hydrogen) atoms. The van der Waals surface area contributed by atoms with Gasteiger partial charge in [-0.25, -0.2) is 0 Å². The minimum absolute atomic E-state index is 0.360. The highest BCUT2D eigenvalue weighted by Gasteiger charge is 1.99. The molecule has 1 aromatic heterocycles. The van der Waals surface area contributed by atoms with Gasteiger partial charge in [-0.1, -0.05) is 23.4 Å². The SMILES string of the molecule is NCC#Cc1ccc2nccc(Cl)c2c1. The number of fused-ring (bicyclic) bond motifs is 1. The van der Waals surface area contributed by atoms with E-state index in [0.717, 1.165) is 16.5 Å². The van der Waals surface area contributed by atoms with Gasteiger partial charge in [-0.15, -0.1) is 0 Å². The van der Waals surface area contributed by atoms with Crippen molar-refractivity contribution in [1.29, 1.82) is 0 Å². The molecule has 3 heteroatoms. The second-order valence-corrected chi connectivity index (χ2v) is 3.44. The highest BCUT2D eigenvalue weighted by atomic mass is 35.5. The van der Waals surface area contributed by atoms with Gasteiger partial charge in [0.05, 0.1) is 17.1 Å². The maximum absolute atomic E-state index is 6.05. The van der Waals surface area contributed by atoms with E-state index in [-0.39, 0.29) is 0 Å². The number of halogens is 1. The molecule has 2 rings (SSSR count). The van der Waals surface area contributed by atoms with Gasteiger partial charge in [0.2, 0.25) is 0 Å². The third-order valence-corrected chi connectivity index (χ3v) is 2.35. The largest absolute Gasteiger partial charge is 0.320 e. The number of hydrogen-bond acceptors (Lipinski definition) is 2. The molecule has 0 spiro atoms. The molecule has 0 aliphatic rings. The summed E-state index contributed by atoms with van der Waals surface area (Å²) in [6.07, 6.45) is 1.69.